The Bertz CT molecular complexity index is 1970. The SMILES string of the molecule is CCCCOCCOc1ccc(-c2ccc3c(c2)C=C(C(=O)Nc2ccc(S(=O)Cc4cncn4CCC)cc2)CCCN3CC(C)C)cc1.CS(=O)(=O)O. The van der Waals surface area contributed by atoms with Crippen molar-refractivity contribution in [3.63, 3.8) is 0 Å². The van der Waals surface area contributed by atoms with Gasteiger partial charge in [-0.25, -0.2) is 4.98 Å². The van der Waals surface area contributed by atoms with E-state index in [1.165, 1.54) is 0 Å². The lowest BCUT2D eigenvalue weighted by molar-refractivity contribution is -0.112. The van der Waals surface area contributed by atoms with Gasteiger partial charge in [0.1, 0.15) is 12.4 Å². The average Bonchev–Trinajstić information content (AvgIpc) is 3.57. The van der Waals surface area contributed by atoms with Crippen molar-refractivity contribution in [2.45, 2.75) is 77.0 Å². The van der Waals surface area contributed by atoms with Crippen LogP contribution in [0.2, 0.25) is 0 Å². The number of imidazole rings is 1. The molecule has 0 fully saturated rings. The molecule has 1 aliphatic rings. The summed E-state index contributed by atoms with van der Waals surface area (Å²) >= 11 is 0. The molecule has 0 aliphatic carbocycles. The molecule has 0 radical (unpaired) electrons. The molecular formula is C42H56N4O7S2. The Morgan fingerprint density at radius 1 is 0.982 bits per heavy atom. The van der Waals surface area contributed by atoms with Crippen LogP contribution >= 0.6 is 0 Å². The predicted octanol–water partition coefficient (Wildman–Crippen LogP) is 8.25. The highest BCUT2D eigenvalue weighted by molar-refractivity contribution is 7.85. The third-order valence-electron chi connectivity index (χ3n) is 8.69. The minimum atomic E-state index is -3.67. The molecule has 0 bridgehead atoms. The van der Waals surface area contributed by atoms with Crippen LogP contribution in [0.25, 0.3) is 17.2 Å². The van der Waals surface area contributed by atoms with Gasteiger partial charge in [0.2, 0.25) is 0 Å². The zero-order chi connectivity index (χ0) is 39.8. The fraction of sp³-hybridized carbons (Fsp3) is 0.429. The summed E-state index contributed by atoms with van der Waals surface area (Å²) < 4.78 is 52.5. The van der Waals surface area contributed by atoms with E-state index >= 15 is 0 Å². The van der Waals surface area contributed by atoms with E-state index in [1.54, 1.807) is 12.5 Å². The molecule has 4 aromatic rings. The summed E-state index contributed by atoms with van der Waals surface area (Å²) in [6.07, 6.45) is 11.1. The van der Waals surface area contributed by atoms with Crippen LogP contribution in [0.3, 0.4) is 0 Å². The topological polar surface area (TPSA) is 140 Å². The van der Waals surface area contributed by atoms with Gasteiger partial charge in [-0.1, -0.05) is 52.3 Å². The third kappa shape index (κ3) is 14.7. The normalized spacial score (nSPS) is 13.5. The van der Waals surface area contributed by atoms with Crippen molar-refractivity contribution >= 4 is 44.3 Å². The molecule has 2 heterocycles. The maximum absolute atomic E-state index is 13.7. The Hall–Kier alpha value is -4.30. The molecule has 0 saturated heterocycles. The van der Waals surface area contributed by atoms with Gasteiger partial charge >= 0.3 is 0 Å². The Kier molecular flexibility index (Phi) is 17.1. The zero-order valence-electron chi connectivity index (χ0n) is 32.7. The summed E-state index contributed by atoms with van der Waals surface area (Å²) in [5, 5.41) is 3.10. The lowest BCUT2D eigenvalue weighted by Gasteiger charge is -2.30. The van der Waals surface area contributed by atoms with Crippen LogP contribution in [0.5, 0.6) is 5.75 Å². The number of aromatic nitrogens is 2. The Morgan fingerprint density at radius 3 is 2.36 bits per heavy atom. The van der Waals surface area contributed by atoms with Crippen LogP contribution < -0.4 is 15.0 Å². The van der Waals surface area contributed by atoms with E-state index in [4.69, 9.17) is 14.0 Å². The first-order valence-corrected chi connectivity index (χ1v) is 22.1. The van der Waals surface area contributed by atoms with Crippen LogP contribution in [-0.4, -0.2) is 71.8 Å². The van der Waals surface area contributed by atoms with Gasteiger partial charge in [0.15, 0.2) is 0 Å². The number of anilines is 2. The number of hydrogen-bond donors (Lipinski definition) is 2. The second-order valence-corrected chi connectivity index (χ2v) is 16.9. The van der Waals surface area contributed by atoms with Crippen LogP contribution in [0.15, 0.2) is 89.7 Å². The smallest absolute Gasteiger partial charge is 0.261 e. The predicted molar refractivity (Wildman–Crippen MR) is 223 cm³/mol. The average molecular weight is 793 g/mol. The molecule has 55 heavy (non-hydrogen) atoms. The molecular weight excluding hydrogens is 737 g/mol. The largest absolute Gasteiger partial charge is 0.491 e. The Balaban J connectivity index is 0.00000126. The maximum Gasteiger partial charge on any atom is 0.261 e. The van der Waals surface area contributed by atoms with Gasteiger partial charge in [0, 0.05) is 54.3 Å². The van der Waals surface area contributed by atoms with Crippen molar-refractivity contribution in [2.24, 2.45) is 5.92 Å². The van der Waals surface area contributed by atoms with E-state index in [-0.39, 0.29) is 5.91 Å². The van der Waals surface area contributed by atoms with Crippen molar-refractivity contribution in [1.82, 2.24) is 9.55 Å². The van der Waals surface area contributed by atoms with Crippen LogP contribution in [0.1, 0.15) is 71.1 Å². The van der Waals surface area contributed by atoms with Crippen molar-refractivity contribution in [1.29, 1.82) is 0 Å². The summed E-state index contributed by atoms with van der Waals surface area (Å²) in [6, 6.07) is 22.1. The van der Waals surface area contributed by atoms with Gasteiger partial charge in [0.25, 0.3) is 16.0 Å². The molecule has 5 rings (SSSR count). The maximum atomic E-state index is 13.7. The second kappa shape index (κ2) is 21.7. The highest BCUT2D eigenvalue weighted by Gasteiger charge is 2.20. The molecule has 1 atom stereocenters. The van der Waals surface area contributed by atoms with E-state index in [2.05, 4.69) is 83.9 Å². The minimum Gasteiger partial charge on any atom is -0.491 e. The van der Waals surface area contributed by atoms with Gasteiger partial charge in [-0.2, -0.15) is 8.42 Å². The number of nitrogens with one attached hydrogen (secondary N) is 1. The van der Waals surface area contributed by atoms with E-state index in [9.17, 15) is 17.4 Å². The monoisotopic (exact) mass is 792 g/mol. The number of carbonyl (C=O) groups is 1. The number of carbonyl (C=O) groups excluding carboxylic acids is 1. The van der Waals surface area contributed by atoms with E-state index in [1.807, 2.05) is 36.4 Å². The molecule has 0 spiro atoms. The summed E-state index contributed by atoms with van der Waals surface area (Å²) in [4.78, 5) is 21.1. The Morgan fingerprint density at radius 2 is 1.69 bits per heavy atom. The number of nitrogens with zero attached hydrogens (tertiary/aromatic N) is 3. The standard InChI is InChI=1S/C41H52N4O4S.CH4O3S/c1-5-7-22-48-23-24-49-38-15-10-32(11-16-38)33-12-19-40-35(25-33)26-34(9-8-21-44(40)28-31(3)4)41(46)43-36-13-17-39(18-14-36)50(47)29-37-27-42-30-45(37)20-6-2;1-5(2,3)4/h10-19,25-27,30-31H,5-9,20-24,28-29H2,1-4H3,(H,43,46);1H3,(H,2,3,4). The summed E-state index contributed by atoms with van der Waals surface area (Å²) in [5.41, 5.74) is 6.73. The van der Waals surface area contributed by atoms with Gasteiger partial charge in [0.05, 0.1) is 41.4 Å². The molecule has 0 saturated carbocycles. The van der Waals surface area contributed by atoms with Crippen LogP contribution in [0.4, 0.5) is 11.4 Å². The highest BCUT2D eigenvalue weighted by atomic mass is 32.2. The first-order chi connectivity index (χ1) is 26.3. The van der Waals surface area contributed by atoms with Gasteiger partial charge in [-0.15, -0.1) is 0 Å². The van der Waals surface area contributed by atoms with E-state index in [0.29, 0.717) is 43.2 Å². The summed E-state index contributed by atoms with van der Waals surface area (Å²) in [6.45, 7) is 13.3. The van der Waals surface area contributed by atoms with Gasteiger partial charge in [-0.3, -0.25) is 13.6 Å². The number of hydrogen-bond acceptors (Lipinski definition) is 8. The number of rotatable bonds is 17. The Labute approximate surface area is 329 Å². The number of aryl methyl sites for hydroxylation is 1. The molecule has 1 aromatic heterocycles. The molecule has 2 N–H and O–H groups in total. The van der Waals surface area contributed by atoms with E-state index in [0.717, 1.165) is 96.2 Å². The molecule has 1 unspecified atom stereocenters. The third-order valence-corrected chi connectivity index (χ3v) is 10.0. The lowest BCUT2D eigenvalue weighted by Crippen LogP contribution is -2.30. The zero-order valence-corrected chi connectivity index (χ0v) is 34.3. The fourth-order valence-electron chi connectivity index (χ4n) is 6.13. The lowest BCUT2D eigenvalue weighted by atomic mass is 9.96. The fourth-order valence-corrected chi connectivity index (χ4v) is 7.24. The van der Waals surface area contributed by atoms with Crippen LogP contribution in [0, 0.1) is 5.92 Å². The number of fused-ring (bicyclic) bond motifs is 1. The number of benzene rings is 3. The number of unbranched alkanes of at least 4 members (excludes halogenated alkanes) is 1. The molecule has 1 aliphatic heterocycles. The number of ether oxygens (including phenoxy) is 2. The molecule has 3 aromatic carbocycles. The minimum absolute atomic E-state index is 0.115. The first-order valence-electron chi connectivity index (χ1n) is 19.0. The van der Waals surface area contributed by atoms with Gasteiger partial charge < -0.3 is 24.3 Å². The first kappa shape index (κ1) is 43.4. The quantitative estimate of drug-likeness (QED) is 0.0799. The summed E-state index contributed by atoms with van der Waals surface area (Å²) in [7, 11) is -4.88. The van der Waals surface area contributed by atoms with Gasteiger partial charge in [-0.05, 0) is 103 Å². The van der Waals surface area contributed by atoms with Crippen molar-refractivity contribution in [3.8, 4) is 16.9 Å². The molecule has 298 valence electrons. The molecule has 11 nitrogen and oxygen atoms in total. The second-order valence-electron chi connectivity index (χ2n) is 14.0. The van der Waals surface area contributed by atoms with Crippen molar-refractivity contribution < 1.29 is 31.4 Å². The molecule has 1 amide bonds. The van der Waals surface area contributed by atoms with Crippen LogP contribution in [-0.2, 0) is 42.7 Å². The highest BCUT2D eigenvalue weighted by Crippen LogP contribution is 2.33. The van der Waals surface area contributed by atoms with Crippen molar-refractivity contribution in [2.75, 3.05) is 49.4 Å². The summed E-state index contributed by atoms with van der Waals surface area (Å²) in [5.74, 6) is 1.62. The van der Waals surface area contributed by atoms with E-state index < -0.39 is 20.9 Å². The number of amides is 1. The van der Waals surface area contributed by atoms with Crippen molar-refractivity contribution in [3.05, 3.63) is 96.1 Å². The molecule has 13 heteroatoms.